The molecule has 0 radical (unpaired) electrons. The predicted octanol–water partition coefficient (Wildman–Crippen LogP) is 7.02. The number of halogens is 3. The van der Waals surface area contributed by atoms with Gasteiger partial charge in [0.15, 0.2) is 5.65 Å². The molecule has 4 nitrogen and oxygen atoms in total. The molecule has 4 aromatic heterocycles. The third-order valence-electron chi connectivity index (χ3n) is 5.21. The standard InChI is InChI=1S/C22H23F3N4S/c1-4-6-14(7-5-2)19-10-18-20(30-19)8-15(11-26-18)17-9-16(22(23,24)25)21-27-13(3)12-29(21)28-17/h8-12,14H,4-7H2,1-3H3. The maximum absolute atomic E-state index is 13.6. The lowest BCUT2D eigenvalue weighted by Crippen LogP contribution is -2.10. The molecule has 0 amide bonds. The molecule has 4 aromatic rings. The predicted molar refractivity (Wildman–Crippen MR) is 114 cm³/mol. The number of hydrogen-bond acceptors (Lipinski definition) is 4. The van der Waals surface area contributed by atoms with Crippen molar-refractivity contribution in [3.63, 3.8) is 0 Å². The van der Waals surface area contributed by atoms with Crippen LogP contribution in [0.3, 0.4) is 0 Å². The van der Waals surface area contributed by atoms with Gasteiger partial charge in [0.25, 0.3) is 0 Å². The summed E-state index contributed by atoms with van der Waals surface area (Å²) in [4.78, 5) is 9.81. The Labute approximate surface area is 176 Å². The second-order valence-corrected chi connectivity index (χ2v) is 8.74. The van der Waals surface area contributed by atoms with Crippen molar-refractivity contribution >= 4 is 27.2 Å². The van der Waals surface area contributed by atoms with Crippen LogP contribution in [0, 0.1) is 6.92 Å². The fourth-order valence-corrected chi connectivity index (χ4v) is 5.07. The van der Waals surface area contributed by atoms with Gasteiger partial charge < -0.3 is 0 Å². The van der Waals surface area contributed by atoms with Gasteiger partial charge in [-0.3, -0.25) is 4.98 Å². The van der Waals surface area contributed by atoms with E-state index in [0.717, 1.165) is 42.0 Å². The van der Waals surface area contributed by atoms with E-state index in [1.807, 2.05) is 6.07 Å². The lowest BCUT2D eigenvalue weighted by Gasteiger charge is -2.12. The average Bonchev–Trinajstić information content (AvgIpc) is 3.27. The minimum absolute atomic E-state index is 0.182. The molecule has 0 saturated carbocycles. The summed E-state index contributed by atoms with van der Waals surface area (Å²) in [5, 5.41) is 4.37. The summed E-state index contributed by atoms with van der Waals surface area (Å²) in [6, 6.07) is 5.08. The van der Waals surface area contributed by atoms with Gasteiger partial charge in [-0.2, -0.15) is 18.3 Å². The van der Waals surface area contributed by atoms with Crippen molar-refractivity contribution in [3.8, 4) is 11.3 Å². The molecule has 0 unspecified atom stereocenters. The van der Waals surface area contributed by atoms with Crippen molar-refractivity contribution in [2.45, 2.75) is 58.5 Å². The molecule has 0 spiro atoms. The molecule has 0 bridgehead atoms. The summed E-state index contributed by atoms with van der Waals surface area (Å²) in [5.74, 6) is 0.503. The molecule has 4 heterocycles. The maximum atomic E-state index is 13.6. The lowest BCUT2D eigenvalue weighted by atomic mass is 9.96. The smallest absolute Gasteiger partial charge is 0.255 e. The van der Waals surface area contributed by atoms with E-state index in [9.17, 15) is 13.2 Å². The molecule has 8 heteroatoms. The van der Waals surface area contributed by atoms with E-state index in [-0.39, 0.29) is 11.3 Å². The van der Waals surface area contributed by atoms with Gasteiger partial charge in [0.1, 0.15) is 5.56 Å². The number of hydrogen-bond donors (Lipinski definition) is 0. The number of aromatic nitrogens is 4. The monoisotopic (exact) mass is 432 g/mol. The maximum Gasteiger partial charge on any atom is 0.420 e. The topological polar surface area (TPSA) is 43.1 Å². The molecule has 0 N–H and O–H groups in total. The van der Waals surface area contributed by atoms with Gasteiger partial charge in [-0.25, -0.2) is 9.50 Å². The van der Waals surface area contributed by atoms with E-state index in [2.05, 4.69) is 35.0 Å². The molecule has 0 aromatic carbocycles. The Bertz CT molecular complexity index is 1190. The Morgan fingerprint density at radius 1 is 1.10 bits per heavy atom. The number of rotatable bonds is 6. The van der Waals surface area contributed by atoms with Gasteiger partial charge in [0.2, 0.25) is 0 Å². The summed E-state index contributed by atoms with van der Waals surface area (Å²) < 4.78 is 43.0. The minimum atomic E-state index is -4.52. The molecular weight excluding hydrogens is 409 g/mol. The molecule has 4 rings (SSSR count). The van der Waals surface area contributed by atoms with Crippen LogP contribution in [0.5, 0.6) is 0 Å². The molecule has 0 aliphatic rings. The van der Waals surface area contributed by atoms with Crippen LogP contribution in [0.15, 0.2) is 30.6 Å². The SMILES string of the molecule is CCCC(CCC)c1cc2ncc(-c3cc(C(F)(F)F)c4nc(C)cn4n3)cc2s1. The quantitative estimate of drug-likeness (QED) is 0.329. The van der Waals surface area contributed by atoms with Crippen molar-refractivity contribution in [3.05, 3.63) is 46.7 Å². The van der Waals surface area contributed by atoms with Crippen LogP contribution in [0.4, 0.5) is 13.2 Å². The number of pyridine rings is 1. The van der Waals surface area contributed by atoms with Crippen molar-refractivity contribution in [2.24, 2.45) is 0 Å². The van der Waals surface area contributed by atoms with Crippen LogP contribution in [-0.4, -0.2) is 19.6 Å². The number of imidazole rings is 1. The van der Waals surface area contributed by atoms with Crippen molar-refractivity contribution < 1.29 is 13.2 Å². The van der Waals surface area contributed by atoms with Gasteiger partial charge >= 0.3 is 6.18 Å². The third kappa shape index (κ3) is 3.93. The van der Waals surface area contributed by atoms with Gasteiger partial charge in [-0.05, 0) is 43.9 Å². The van der Waals surface area contributed by atoms with E-state index >= 15 is 0 Å². The third-order valence-corrected chi connectivity index (χ3v) is 6.45. The lowest BCUT2D eigenvalue weighted by molar-refractivity contribution is -0.136. The first-order valence-electron chi connectivity index (χ1n) is 10.1. The van der Waals surface area contributed by atoms with E-state index in [4.69, 9.17) is 0 Å². The zero-order chi connectivity index (χ0) is 21.5. The van der Waals surface area contributed by atoms with Crippen LogP contribution in [0.25, 0.3) is 27.1 Å². The number of fused-ring (bicyclic) bond motifs is 2. The molecule has 158 valence electrons. The highest BCUT2D eigenvalue weighted by Crippen LogP contribution is 2.38. The van der Waals surface area contributed by atoms with Crippen molar-refractivity contribution in [1.82, 2.24) is 19.6 Å². The first kappa shape index (κ1) is 20.8. The fraction of sp³-hybridized carbons (Fsp3) is 0.409. The Hall–Kier alpha value is -2.48. The molecule has 0 atom stereocenters. The molecule has 0 saturated heterocycles. The van der Waals surface area contributed by atoms with E-state index < -0.39 is 11.7 Å². The number of aryl methyl sites for hydroxylation is 1. The molecule has 0 aliphatic heterocycles. The molecule has 30 heavy (non-hydrogen) atoms. The summed E-state index contributed by atoms with van der Waals surface area (Å²) in [6.45, 7) is 6.02. The van der Waals surface area contributed by atoms with Crippen LogP contribution in [-0.2, 0) is 6.18 Å². The normalized spacial score (nSPS) is 12.5. The Kier molecular flexibility index (Phi) is 5.53. The Balaban J connectivity index is 1.80. The summed E-state index contributed by atoms with van der Waals surface area (Å²) >= 11 is 1.68. The van der Waals surface area contributed by atoms with Crippen molar-refractivity contribution in [2.75, 3.05) is 0 Å². The van der Waals surface area contributed by atoms with E-state index in [1.54, 1.807) is 24.5 Å². The summed E-state index contributed by atoms with van der Waals surface area (Å²) in [7, 11) is 0. The Morgan fingerprint density at radius 2 is 1.83 bits per heavy atom. The van der Waals surface area contributed by atoms with Gasteiger partial charge in [0.05, 0.1) is 27.8 Å². The molecular formula is C22H23F3N4S. The van der Waals surface area contributed by atoms with Gasteiger partial charge in [0, 0.05) is 16.6 Å². The summed E-state index contributed by atoms with van der Waals surface area (Å²) in [5.41, 5.74) is 1.19. The van der Waals surface area contributed by atoms with Crippen LogP contribution >= 0.6 is 11.3 Å². The van der Waals surface area contributed by atoms with Crippen molar-refractivity contribution in [1.29, 1.82) is 0 Å². The summed E-state index contributed by atoms with van der Waals surface area (Å²) in [6.07, 6.45) is 3.08. The highest BCUT2D eigenvalue weighted by atomic mass is 32.1. The average molecular weight is 433 g/mol. The zero-order valence-electron chi connectivity index (χ0n) is 17.1. The highest BCUT2D eigenvalue weighted by molar-refractivity contribution is 7.19. The van der Waals surface area contributed by atoms with Gasteiger partial charge in [-0.1, -0.05) is 26.7 Å². The molecule has 0 aliphatic carbocycles. The highest BCUT2D eigenvalue weighted by Gasteiger charge is 2.35. The van der Waals surface area contributed by atoms with Crippen LogP contribution in [0.2, 0.25) is 0 Å². The number of thiophene rings is 1. The zero-order valence-corrected chi connectivity index (χ0v) is 17.9. The van der Waals surface area contributed by atoms with Crippen LogP contribution < -0.4 is 0 Å². The largest absolute Gasteiger partial charge is 0.420 e. The fourth-order valence-electron chi connectivity index (χ4n) is 3.84. The van der Waals surface area contributed by atoms with E-state index in [1.165, 1.54) is 15.6 Å². The van der Waals surface area contributed by atoms with Crippen LogP contribution in [0.1, 0.15) is 61.6 Å². The first-order valence-corrected chi connectivity index (χ1v) is 11.0. The number of nitrogens with zero attached hydrogens (tertiary/aromatic N) is 4. The number of alkyl halides is 3. The minimum Gasteiger partial charge on any atom is -0.255 e. The van der Waals surface area contributed by atoms with Gasteiger partial charge in [-0.15, -0.1) is 11.3 Å². The van der Waals surface area contributed by atoms with E-state index in [0.29, 0.717) is 17.2 Å². The second-order valence-electron chi connectivity index (χ2n) is 7.62. The second kappa shape index (κ2) is 7.98. The first-order chi connectivity index (χ1) is 14.3. The molecule has 0 fully saturated rings. The Morgan fingerprint density at radius 3 is 2.50 bits per heavy atom.